The third-order valence-corrected chi connectivity index (χ3v) is 8.11. The number of benzene rings is 1. The smallest absolute Gasteiger partial charge is 0.192 e. The largest absolute Gasteiger partial charge is 0.409 e. The molecule has 0 heterocycles. The van der Waals surface area contributed by atoms with E-state index in [1.54, 1.807) is 0 Å². The van der Waals surface area contributed by atoms with Crippen molar-refractivity contribution >= 4 is 8.32 Å². The van der Waals surface area contributed by atoms with E-state index in [0.717, 1.165) is 0 Å². The lowest BCUT2D eigenvalue weighted by molar-refractivity contribution is 0.191. The summed E-state index contributed by atoms with van der Waals surface area (Å²) in [4.78, 5) is 0. The fourth-order valence-electron chi connectivity index (χ4n) is 1.45. The monoisotopic (exact) mass is 251 g/mol. The summed E-state index contributed by atoms with van der Waals surface area (Å²) in [5.74, 6) is 0. The fraction of sp³-hybridized carbons (Fsp3) is 0.571. The Balaban J connectivity index is 2.85. The van der Waals surface area contributed by atoms with Crippen LogP contribution in [0.2, 0.25) is 18.1 Å². The predicted octanol–water partition coefficient (Wildman–Crippen LogP) is 3.71. The Hall–Kier alpha value is -0.643. The van der Waals surface area contributed by atoms with E-state index < -0.39 is 8.32 Å². The second-order valence-electron chi connectivity index (χ2n) is 6.01. The normalized spacial score (nSPS) is 14.7. The van der Waals surface area contributed by atoms with Crippen molar-refractivity contribution in [1.29, 1.82) is 0 Å². The summed E-state index contributed by atoms with van der Waals surface area (Å²) in [6, 6.07) is 10.3. The average Bonchev–Trinajstić information content (AvgIpc) is 2.25. The predicted molar refractivity (Wildman–Crippen MR) is 76.5 cm³/mol. The highest BCUT2D eigenvalue weighted by Gasteiger charge is 2.39. The SMILES string of the molecule is CC(C)(C)[Si](C)(C)OC(CN)c1ccccc1. The minimum atomic E-state index is -1.75. The van der Waals surface area contributed by atoms with Gasteiger partial charge in [-0.05, 0) is 23.7 Å². The molecule has 1 rings (SSSR count). The molecule has 3 heteroatoms. The minimum absolute atomic E-state index is 0.0251. The highest BCUT2D eigenvalue weighted by atomic mass is 28.4. The molecule has 0 aliphatic heterocycles. The molecule has 2 nitrogen and oxygen atoms in total. The van der Waals surface area contributed by atoms with Crippen LogP contribution >= 0.6 is 0 Å². The van der Waals surface area contributed by atoms with E-state index in [-0.39, 0.29) is 11.1 Å². The van der Waals surface area contributed by atoms with Gasteiger partial charge >= 0.3 is 0 Å². The van der Waals surface area contributed by atoms with Crippen molar-refractivity contribution in [2.24, 2.45) is 5.73 Å². The number of rotatable bonds is 4. The lowest BCUT2D eigenvalue weighted by Gasteiger charge is -2.39. The summed E-state index contributed by atoms with van der Waals surface area (Å²) >= 11 is 0. The highest BCUT2D eigenvalue weighted by Crippen LogP contribution is 2.39. The fourth-order valence-corrected chi connectivity index (χ4v) is 2.75. The Bertz CT molecular complexity index is 343. The van der Waals surface area contributed by atoms with Crippen molar-refractivity contribution < 1.29 is 4.43 Å². The Morgan fingerprint density at radius 3 is 2.12 bits per heavy atom. The van der Waals surface area contributed by atoms with Gasteiger partial charge < -0.3 is 10.2 Å². The summed E-state index contributed by atoms with van der Waals surface area (Å²) < 4.78 is 6.35. The highest BCUT2D eigenvalue weighted by molar-refractivity contribution is 6.74. The maximum Gasteiger partial charge on any atom is 0.192 e. The molecule has 1 aromatic rings. The maximum atomic E-state index is 6.35. The molecule has 2 N–H and O–H groups in total. The van der Waals surface area contributed by atoms with Crippen LogP contribution in [0.15, 0.2) is 30.3 Å². The lowest BCUT2D eigenvalue weighted by atomic mass is 10.1. The molecule has 0 radical (unpaired) electrons. The van der Waals surface area contributed by atoms with E-state index in [0.29, 0.717) is 6.54 Å². The Kier molecular flexibility index (Phi) is 4.53. The van der Waals surface area contributed by atoms with Gasteiger partial charge in [0, 0.05) is 6.54 Å². The third-order valence-electron chi connectivity index (χ3n) is 3.63. The Morgan fingerprint density at radius 2 is 1.71 bits per heavy atom. The van der Waals surface area contributed by atoms with Crippen molar-refractivity contribution in [2.75, 3.05) is 6.54 Å². The standard InChI is InChI=1S/C14H25NOSi/c1-14(2,3)17(4,5)16-13(11-15)12-9-7-6-8-10-12/h6-10,13H,11,15H2,1-5H3. The van der Waals surface area contributed by atoms with Gasteiger partial charge in [0.1, 0.15) is 0 Å². The second kappa shape index (κ2) is 5.34. The summed E-state index contributed by atoms with van der Waals surface area (Å²) in [6.45, 7) is 11.8. The molecule has 0 fully saturated rings. The maximum absolute atomic E-state index is 6.35. The van der Waals surface area contributed by atoms with Crippen LogP contribution in [-0.4, -0.2) is 14.9 Å². The van der Waals surface area contributed by atoms with Gasteiger partial charge in [-0.3, -0.25) is 0 Å². The van der Waals surface area contributed by atoms with E-state index in [1.807, 2.05) is 18.2 Å². The van der Waals surface area contributed by atoms with Crippen LogP contribution in [0.3, 0.4) is 0 Å². The average molecular weight is 251 g/mol. The Morgan fingerprint density at radius 1 is 1.18 bits per heavy atom. The van der Waals surface area contributed by atoms with Crippen LogP contribution in [0.4, 0.5) is 0 Å². The molecular weight excluding hydrogens is 226 g/mol. The molecule has 0 aliphatic carbocycles. The molecule has 0 aromatic heterocycles. The lowest BCUT2D eigenvalue weighted by Crippen LogP contribution is -2.43. The molecule has 0 saturated carbocycles. The quantitative estimate of drug-likeness (QED) is 0.828. The van der Waals surface area contributed by atoms with E-state index in [9.17, 15) is 0 Å². The van der Waals surface area contributed by atoms with Crippen LogP contribution in [0.5, 0.6) is 0 Å². The third kappa shape index (κ3) is 3.66. The van der Waals surface area contributed by atoms with Crippen LogP contribution in [-0.2, 0) is 4.43 Å². The summed E-state index contributed by atoms with van der Waals surface area (Å²) in [7, 11) is -1.75. The first-order valence-corrected chi connectivity index (χ1v) is 9.11. The van der Waals surface area contributed by atoms with Crippen molar-refractivity contribution in [2.45, 2.75) is 45.0 Å². The Labute approximate surface area is 106 Å². The first-order valence-electron chi connectivity index (χ1n) is 6.21. The summed E-state index contributed by atoms with van der Waals surface area (Å²) in [6.07, 6.45) is 0.0251. The topological polar surface area (TPSA) is 35.2 Å². The molecule has 17 heavy (non-hydrogen) atoms. The molecule has 0 spiro atoms. The van der Waals surface area contributed by atoms with Crippen LogP contribution in [0.25, 0.3) is 0 Å². The van der Waals surface area contributed by atoms with E-state index in [2.05, 4.69) is 46.0 Å². The molecule has 0 aliphatic rings. The van der Waals surface area contributed by atoms with Gasteiger partial charge in [0.2, 0.25) is 0 Å². The molecular formula is C14H25NOSi. The first kappa shape index (κ1) is 14.4. The van der Waals surface area contributed by atoms with E-state index in [1.165, 1.54) is 5.56 Å². The van der Waals surface area contributed by atoms with Gasteiger partial charge in [0.15, 0.2) is 8.32 Å². The van der Waals surface area contributed by atoms with Gasteiger partial charge in [0.05, 0.1) is 6.10 Å². The van der Waals surface area contributed by atoms with Gasteiger partial charge in [-0.1, -0.05) is 51.1 Å². The van der Waals surface area contributed by atoms with Gasteiger partial charge in [-0.2, -0.15) is 0 Å². The molecule has 0 saturated heterocycles. The second-order valence-corrected chi connectivity index (χ2v) is 10.8. The molecule has 1 unspecified atom stereocenters. The van der Waals surface area contributed by atoms with Crippen molar-refractivity contribution in [1.82, 2.24) is 0 Å². The molecule has 0 bridgehead atoms. The van der Waals surface area contributed by atoms with Crippen LogP contribution in [0, 0.1) is 0 Å². The minimum Gasteiger partial charge on any atom is -0.409 e. The van der Waals surface area contributed by atoms with Crippen molar-refractivity contribution in [3.8, 4) is 0 Å². The van der Waals surface area contributed by atoms with E-state index >= 15 is 0 Å². The zero-order chi connectivity index (χ0) is 13.1. The zero-order valence-corrected chi connectivity index (χ0v) is 12.7. The zero-order valence-electron chi connectivity index (χ0n) is 11.7. The number of hydrogen-bond donors (Lipinski definition) is 1. The number of hydrogen-bond acceptors (Lipinski definition) is 2. The van der Waals surface area contributed by atoms with Gasteiger partial charge in [-0.25, -0.2) is 0 Å². The van der Waals surface area contributed by atoms with Gasteiger partial charge in [0.25, 0.3) is 0 Å². The number of nitrogens with two attached hydrogens (primary N) is 1. The van der Waals surface area contributed by atoms with Gasteiger partial charge in [-0.15, -0.1) is 0 Å². The molecule has 0 amide bonds. The summed E-state index contributed by atoms with van der Waals surface area (Å²) in [5, 5.41) is 0.217. The van der Waals surface area contributed by atoms with Crippen molar-refractivity contribution in [3.05, 3.63) is 35.9 Å². The first-order chi connectivity index (χ1) is 7.78. The van der Waals surface area contributed by atoms with Crippen LogP contribution in [0.1, 0.15) is 32.4 Å². The molecule has 1 atom stereocenters. The summed E-state index contributed by atoms with van der Waals surface area (Å²) in [5.41, 5.74) is 7.03. The molecule has 1 aromatic carbocycles. The van der Waals surface area contributed by atoms with E-state index in [4.69, 9.17) is 10.2 Å². The molecule has 96 valence electrons. The van der Waals surface area contributed by atoms with Crippen LogP contribution < -0.4 is 5.73 Å². The van der Waals surface area contributed by atoms with Crippen molar-refractivity contribution in [3.63, 3.8) is 0 Å².